The minimum Gasteiger partial charge on any atom is -0.353 e. The van der Waals surface area contributed by atoms with Gasteiger partial charge in [-0.25, -0.2) is 0 Å². The number of aryl methyl sites for hydroxylation is 1. The average molecular weight is 458 g/mol. The van der Waals surface area contributed by atoms with Crippen molar-refractivity contribution in [1.29, 1.82) is 0 Å². The van der Waals surface area contributed by atoms with Crippen molar-refractivity contribution in [1.82, 2.24) is 24.9 Å². The molecular formula is C28H35N5O. The number of benzene rings is 2. The Bertz CT molecular complexity index is 1080. The Morgan fingerprint density at radius 3 is 2.50 bits per heavy atom. The number of nitrogens with zero attached hydrogens (tertiary/aromatic N) is 4. The van der Waals surface area contributed by atoms with Gasteiger partial charge in [0, 0.05) is 56.1 Å². The first-order valence-electron chi connectivity index (χ1n) is 12.1. The summed E-state index contributed by atoms with van der Waals surface area (Å²) in [6, 6.07) is 18.6. The third-order valence-corrected chi connectivity index (χ3v) is 6.26. The molecule has 1 N–H and O–H groups in total. The minimum atomic E-state index is -0.0657. The number of rotatable bonds is 9. The SMILES string of the molecule is Cc1ccc(-c2nn(Cc3ccccc3)cc2/C=C/C(=O)NCCCN2CCN(C)CC2)cc1. The zero-order valence-electron chi connectivity index (χ0n) is 20.3. The Kier molecular flexibility index (Phi) is 8.28. The van der Waals surface area contributed by atoms with Crippen LogP contribution in [0.4, 0.5) is 0 Å². The molecule has 6 heteroatoms. The first kappa shape index (κ1) is 23.9. The highest BCUT2D eigenvalue weighted by molar-refractivity contribution is 5.92. The highest BCUT2D eigenvalue weighted by Crippen LogP contribution is 2.24. The van der Waals surface area contributed by atoms with Crippen molar-refractivity contribution in [2.45, 2.75) is 19.9 Å². The van der Waals surface area contributed by atoms with E-state index in [0.29, 0.717) is 13.1 Å². The predicted molar refractivity (Wildman–Crippen MR) is 139 cm³/mol. The lowest BCUT2D eigenvalue weighted by Crippen LogP contribution is -2.45. The van der Waals surface area contributed by atoms with Crippen molar-refractivity contribution >= 4 is 12.0 Å². The van der Waals surface area contributed by atoms with Crippen LogP contribution in [0.2, 0.25) is 0 Å². The van der Waals surface area contributed by atoms with Crippen LogP contribution in [0, 0.1) is 6.92 Å². The molecule has 4 rings (SSSR count). The van der Waals surface area contributed by atoms with E-state index in [-0.39, 0.29) is 5.91 Å². The largest absolute Gasteiger partial charge is 0.353 e. The maximum atomic E-state index is 12.5. The Hall–Kier alpha value is -3.22. The van der Waals surface area contributed by atoms with Crippen LogP contribution in [-0.4, -0.2) is 71.8 Å². The summed E-state index contributed by atoms with van der Waals surface area (Å²) in [5, 5.41) is 7.87. The van der Waals surface area contributed by atoms with Crippen molar-refractivity contribution < 1.29 is 4.79 Å². The molecule has 0 saturated carbocycles. The maximum Gasteiger partial charge on any atom is 0.244 e. The molecule has 1 amide bonds. The number of carbonyl (C=O) groups is 1. The molecule has 178 valence electrons. The second-order valence-corrected chi connectivity index (χ2v) is 9.11. The van der Waals surface area contributed by atoms with Gasteiger partial charge in [0.05, 0.1) is 12.2 Å². The summed E-state index contributed by atoms with van der Waals surface area (Å²) in [7, 11) is 2.17. The van der Waals surface area contributed by atoms with Crippen LogP contribution in [0.1, 0.15) is 23.1 Å². The van der Waals surface area contributed by atoms with Gasteiger partial charge in [0.2, 0.25) is 5.91 Å². The molecule has 0 spiro atoms. The van der Waals surface area contributed by atoms with Gasteiger partial charge in [-0.2, -0.15) is 5.10 Å². The molecule has 0 unspecified atom stereocenters. The van der Waals surface area contributed by atoms with E-state index < -0.39 is 0 Å². The first-order chi connectivity index (χ1) is 16.6. The van der Waals surface area contributed by atoms with Crippen molar-refractivity contribution in [3.05, 3.63) is 83.6 Å². The first-order valence-corrected chi connectivity index (χ1v) is 12.1. The fourth-order valence-corrected chi connectivity index (χ4v) is 4.16. The van der Waals surface area contributed by atoms with Gasteiger partial charge in [-0.3, -0.25) is 9.48 Å². The Labute approximate surface area is 202 Å². The van der Waals surface area contributed by atoms with Crippen LogP contribution >= 0.6 is 0 Å². The normalized spacial score (nSPS) is 15.1. The standard InChI is InChI=1S/C28H35N5O/c1-23-9-11-25(12-10-23)28-26(22-33(30-28)21-24-7-4-3-5-8-24)13-14-27(34)29-15-6-16-32-19-17-31(2)18-20-32/h3-5,7-14,22H,6,15-21H2,1-2H3,(H,29,34)/b14-13+. The summed E-state index contributed by atoms with van der Waals surface area (Å²) in [6.45, 7) is 8.94. The van der Waals surface area contributed by atoms with Crippen LogP contribution < -0.4 is 5.32 Å². The molecule has 2 aromatic carbocycles. The smallest absolute Gasteiger partial charge is 0.244 e. The van der Waals surface area contributed by atoms with Crippen molar-refractivity contribution in [3.63, 3.8) is 0 Å². The van der Waals surface area contributed by atoms with Gasteiger partial charge >= 0.3 is 0 Å². The van der Waals surface area contributed by atoms with Crippen LogP contribution in [0.15, 0.2) is 66.9 Å². The lowest BCUT2D eigenvalue weighted by Gasteiger charge is -2.32. The molecule has 1 fully saturated rings. The number of nitrogens with one attached hydrogen (secondary N) is 1. The summed E-state index contributed by atoms with van der Waals surface area (Å²) in [5.41, 5.74) is 5.27. The summed E-state index contributed by atoms with van der Waals surface area (Å²) >= 11 is 0. The summed E-state index contributed by atoms with van der Waals surface area (Å²) in [4.78, 5) is 17.3. The number of aromatic nitrogens is 2. The highest BCUT2D eigenvalue weighted by atomic mass is 16.1. The maximum absolute atomic E-state index is 12.5. The van der Waals surface area contributed by atoms with E-state index >= 15 is 0 Å². The van der Waals surface area contributed by atoms with Gasteiger partial charge in [-0.15, -0.1) is 0 Å². The third-order valence-electron chi connectivity index (χ3n) is 6.26. The van der Waals surface area contributed by atoms with Gasteiger partial charge in [0.25, 0.3) is 0 Å². The fraction of sp³-hybridized carbons (Fsp3) is 0.357. The molecule has 0 atom stereocenters. The van der Waals surface area contributed by atoms with Gasteiger partial charge in [-0.1, -0.05) is 60.2 Å². The van der Waals surface area contributed by atoms with E-state index in [2.05, 4.69) is 65.5 Å². The molecule has 1 aliphatic heterocycles. The molecule has 6 nitrogen and oxygen atoms in total. The van der Waals surface area contributed by atoms with E-state index in [1.165, 1.54) is 11.1 Å². The Balaban J connectivity index is 1.38. The molecule has 2 heterocycles. The number of hydrogen-bond donors (Lipinski definition) is 1. The summed E-state index contributed by atoms with van der Waals surface area (Å²) in [5.74, 6) is -0.0657. The minimum absolute atomic E-state index is 0.0657. The van der Waals surface area contributed by atoms with Crippen LogP contribution in [0.3, 0.4) is 0 Å². The summed E-state index contributed by atoms with van der Waals surface area (Å²) < 4.78 is 1.94. The number of amides is 1. The number of piperazine rings is 1. The van der Waals surface area contributed by atoms with Gasteiger partial charge in [0.15, 0.2) is 0 Å². The molecule has 3 aromatic rings. The topological polar surface area (TPSA) is 53.4 Å². The van der Waals surface area contributed by atoms with E-state index in [1.807, 2.05) is 35.2 Å². The second-order valence-electron chi connectivity index (χ2n) is 9.11. The number of carbonyl (C=O) groups excluding carboxylic acids is 1. The van der Waals surface area contributed by atoms with Crippen molar-refractivity contribution in [3.8, 4) is 11.3 Å². The van der Waals surface area contributed by atoms with Crippen LogP contribution in [0.25, 0.3) is 17.3 Å². The quantitative estimate of drug-likeness (QED) is 0.394. The van der Waals surface area contributed by atoms with Crippen molar-refractivity contribution in [2.75, 3.05) is 46.3 Å². The van der Waals surface area contributed by atoms with Gasteiger partial charge in [0.1, 0.15) is 0 Å². The molecule has 34 heavy (non-hydrogen) atoms. The van der Waals surface area contributed by atoms with Gasteiger partial charge in [-0.05, 0) is 38.6 Å². The van der Waals surface area contributed by atoms with E-state index in [1.54, 1.807) is 6.08 Å². The van der Waals surface area contributed by atoms with Gasteiger partial charge < -0.3 is 15.1 Å². The number of hydrogen-bond acceptors (Lipinski definition) is 4. The fourth-order valence-electron chi connectivity index (χ4n) is 4.16. The Morgan fingerprint density at radius 1 is 1.03 bits per heavy atom. The van der Waals surface area contributed by atoms with E-state index in [9.17, 15) is 4.79 Å². The highest BCUT2D eigenvalue weighted by Gasteiger charge is 2.13. The average Bonchev–Trinajstić information content (AvgIpc) is 3.25. The molecular weight excluding hydrogens is 422 g/mol. The summed E-state index contributed by atoms with van der Waals surface area (Å²) in [6.07, 6.45) is 6.48. The second kappa shape index (κ2) is 11.8. The van der Waals surface area contributed by atoms with Crippen molar-refractivity contribution in [2.24, 2.45) is 0 Å². The zero-order chi connectivity index (χ0) is 23.8. The van der Waals surface area contributed by atoms with E-state index in [0.717, 1.165) is 56.0 Å². The molecule has 1 aromatic heterocycles. The third kappa shape index (κ3) is 6.89. The number of likely N-dealkylation sites (N-methyl/N-ethyl adjacent to an activating group) is 1. The van der Waals surface area contributed by atoms with E-state index in [4.69, 9.17) is 5.10 Å². The molecule has 1 aliphatic rings. The molecule has 0 aliphatic carbocycles. The lowest BCUT2D eigenvalue weighted by atomic mass is 10.1. The van der Waals surface area contributed by atoms with Crippen LogP contribution in [-0.2, 0) is 11.3 Å². The molecule has 0 bridgehead atoms. The Morgan fingerprint density at radius 2 is 1.76 bits per heavy atom. The molecule has 0 radical (unpaired) electrons. The predicted octanol–water partition coefficient (Wildman–Crippen LogP) is 3.67. The van der Waals surface area contributed by atoms with Crippen LogP contribution in [0.5, 0.6) is 0 Å². The monoisotopic (exact) mass is 457 g/mol. The molecule has 1 saturated heterocycles. The zero-order valence-corrected chi connectivity index (χ0v) is 20.3. The lowest BCUT2D eigenvalue weighted by molar-refractivity contribution is -0.116.